The minimum atomic E-state index is -0.804. The van der Waals surface area contributed by atoms with E-state index >= 15 is 0 Å². The largest absolute Gasteiger partial charge is 0.462 e. The fourth-order valence-electron chi connectivity index (χ4n) is 5.95. The molecule has 6 nitrogen and oxygen atoms in total. The average molecular weight is 714 g/mol. The second-order valence-electron chi connectivity index (χ2n) is 14.1. The van der Waals surface area contributed by atoms with Crippen molar-refractivity contribution in [3.05, 3.63) is 60.8 Å². The summed E-state index contributed by atoms with van der Waals surface area (Å²) in [4.78, 5) is 25.8. The fourth-order valence-corrected chi connectivity index (χ4v) is 5.95. The van der Waals surface area contributed by atoms with Gasteiger partial charge in [-0.15, -0.1) is 0 Å². The van der Waals surface area contributed by atoms with Gasteiger partial charge in [0.25, 0.3) is 0 Å². The Bertz CT molecular complexity index is 937. The Morgan fingerprint density at radius 1 is 0.588 bits per heavy atom. The Hall–Kier alpha value is -2.44. The van der Waals surface area contributed by atoms with Gasteiger partial charge in [-0.05, 0) is 57.8 Å². The van der Waals surface area contributed by atoms with Crippen LogP contribution in [0.15, 0.2) is 60.8 Å². The van der Waals surface area contributed by atoms with Crippen molar-refractivity contribution in [1.29, 1.82) is 0 Å². The third kappa shape index (κ3) is 34.4. The highest BCUT2D eigenvalue weighted by Gasteiger charge is 2.23. The smallest absolute Gasteiger partial charge is 0.306 e. The number of carbonyl (C=O) groups is 2. The van der Waals surface area contributed by atoms with Crippen LogP contribution < -0.4 is 5.32 Å². The fraction of sp³-hybridized carbons (Fsp3) is 0.733. The van der Waals surface area contributed by atoms with Gasteiger partial charge in [0.15, 0.2) is 0 Å². The van der Waals surface area contributed by atoms with E-state index in [1.54, 1.807) is 0 Å². The number of rotatable bonds is 36. The second-order valence-corrected chi connectivity index (χ2v) is 14.1. The number of esters is 1. The van der Waals surface area contributed by atoms with Gasteiger partial charge in [-0.2, -0.15) is 0 Å². The lowest BCUT2D eigenvalue weighted by Gasteiger charge is -2.24. The van der Waals surface area contributed by atoms with E-state index in [4.69, 9.17) is 4.74 Å². The number of carbonyl (C=O) groups excluding carboxylic acids is 2. The highest BCUT2D eigenvalue weighted by Crippen LogP contribution is 2.16. The maximum absolute atomic E-state index is 13.0. The number of allylic oxidation sites excluding steroid dienone is 10. The maximum atomic E-state index is 13.0. The zero-order valence-corrected chi connectivity index (χ0v) is 33.2. The van der Waals surface area contributed by atoms with Crippen LogP contribution in [0, 0.1) is 0 Å². The van der Waals surface area contributed by atoms with Crippen LogP contribution in [0.25, 0.3) is 0 Å². The third-order valence-electron chi connectivity index (χ3n) is 9.18. The number of hydrogen-bond acceptors (Lipinski definition) is 5. The number of hydrogen-bond donors (Lipinski definition) is 3. The Morgan fingerprint density at radius 2 is 1.12 bits per heavy atom. The van der Waals surface area contributed by atoms with Crippen molar-refractivity contribution in [2.75, 3.05) is 6.61 Å². The van der Waals surface area contributed by atoms with Gasteiger partial charge >= 0.3 is 5.97 Å². The van der Waals surface area contributed by atoms with E-state index in [0.29, 0.717) is 19.3 Å². The molecule has 1 amide bonds. The van der Waals surface area contributed by atoms with Gasteiger partial charge in [0.1, 0.15) is 6.10 Å². The molecular formula is C45H79NO5. The van der Waals surface area contributed by atoms with Crippen LogP contribution in [0.5, 0.6) is 0 Å². The molecule has 3 unspecified atom stereocenters. The Kier molecular flexibility index (Phi) is 36.9. The summed E-state index contributed by atoms with van der Waals surface area (Å²) in [5, 5.41) is 23.5. The molecule has 0 saturated heterocycles. The molecule has 0 rings (SSSR count). The summed E-state index contributed by atoms with van der Waals surface area (Å²) in [5.74, 6) is -0.561. The maximum Gasteiger partial charge on any atom is 0.306 e. The SMILES string of the molecule is CC/C=C/C=C/C=C\C=C/CCCC(CC(=O)NC(CO)C(O)CCCCCCCCCCCC)OC(=O)CCCCCCC/C=C\CCCC. The van der Waals surface area contributed by atoms with Crippen molar-refractivity contribution in [3.8, 4) is 0 Å². The van der Waals surface area contributed by atoms with E-state index in [9.17, 15) is 19.8 Å². The van der Waals surface area contributed by atoms with Gasteiger partial charge in [-0.1, -0.05) is 178 Å². The number of unbranched alkanes of at least 4 members (excludes halogenated alkanes) is 17. The molecule has 0 aromatic heterocycles. The van der Waals surface area contributed by atoms with E-state index in [0.717, 1.165) is 64.2 Å². The summed E-state index contributed by atoms with van der Waals surface area (Å²) in [5.41, 5.74) is 0. The molecule has 0 aliphatic carbocycles. The van der Waals surface area contributed by atoms with Crippen molar-refractivity contribution in [2.45, 2.75) is 206 Å². The molecule has 51 heavy (non-hydrogen) atoms. The molecule has 0 saturated carbocycles. The van der Waals surface area contributed by atoms with Crippen LogP contribution in [0.3, 0.4) is 0 Å². The van der Waals surface area contributed by atoms with Gasteiger partial charge in [0.2, 0.25) is 5.91 Å². The van der Waals surface area contributed by atoms with E-state index in [2.05, 4.69) is 50.4 Å². The monoisotopic (exact) mass is 714 g/mol. The predicted octanol–water partition coefficient (Wildman–Crippen LogP) is 11.7. The number of amides is 1. The predicted molar refractivity (Wildman–Crippen MR) is 218 cm³/mol. The number of aliphatic hydroxyl groups is 2. The van der Waals surface area contributed by atoms with Gasteiger partial charge in [0.05, 0.1) is 25.2 Å². The molecule has 0 aliphatic heterocycles. The highest BCUT2D eigenvalue weighted by atomic mass is 16.5. The van der Waals surface area contributed by atoms with Crippen molar-refractivity contribution >= 4 is 11.9 Å². The Labute approximate surface area is 314 Å². The minimum absolute atomic E-state index is 0.0265. The first kappa shape index (κ1) is 48.6. The quantitative estimate of drug-likeness (QED) is 0.0260. The Balaban J connectivity index is 4.73. The van der Waals surface area contributed by atoms with Crippen molar-refractivity contribution in [3.63, 3.8) is 0 Å². The van der Waals surface area contributed by atoms with E-state index in [-0.39, 0.29) is 24.9 Å². The van der Waals surface area contributed by atoms with E-state index in [1.165, 1.54) is 77.0 Å². The van der Waals surface area contributed by atoms with Crippen molar-refractivity contribution < 1.29 is 24.5 Å². The molecular weight excluding hydrogens is 634 g/mol. The van der Waals surface area contributed by atoms with Gasteiger partial charge in [-0.3, -0.25) is 9.59 Å². The van der Waals surface area contributed by atoms with Crippen LogP contribution in [0.4, 0.5) is 0 Å². The Morgan fingerprint density at radius 3 is 1.75 bits per heavy atom. The number of ether oxygens (including phenoxy) is 1. The highest BCUT2D eigenvalue weighted by molar-refractivity contribution is 5.77. The molecule has 0 aromatic rings. The summed E-state index contributed by atoms with van der Waals surface area (Å²) in [6.45, 7) is 6.23. The summed E-state index contributed by atoms with van der Waals surface area (Å²) in [6.07, 6.45) is 45.7. The summed E-state index contributed by atoms with van der Waals surface area (Å²) >= 11 is 0. The summed E-state index contributed by atoms with van der Waals surface area (Å²) in [6, 6.07) is -0.722. The molecule has 0 heterocycles. The molecule has 0 bridgehead atoms. The average Bonchev–Trinajstić information content (AvgIpc) is 3.12. The van der Waals surface area contributed by atoms with Gasteiger partial charge in [0, 0.05) is 6.42 Å². The molecule has 0 radical (unpaired) electrons. The third-order valence-corrected chi connectivity index (χ3v) is 9.18. The van der Waals surface area contributed by atoms with Gasteiger partial charge < -0.3 is 20.3 Å². The number of aliphatic hydroxyl groups excluding tert-OH is 2. The first-order chi connectivity index (χ1) is 25.0. The molecule has 0 aromatic carbocycles. The zero-order chi connectivity index (χ0) is 37.5. The molecule has 0 spiro atoms. The summed E-state index contributed by atoms with van der Waals surface area (Å²) < 4.78 is 5.83. The summed E-state index contributed by atoms with van der Waals surface area (Å²) in [7, 11) is 0. The molecule has 6 heteroatoms. The van der Waals surface area contributed by atoms with Crippen LogP contribution in [0.1, 0.15) is 188 Å². The first-order valence-corrected chi connectivity index (χ1v) is 21.1. The topological polar surface area (TPSA) is 95.9 Å². The van der Waals surface area contributed by atoms with E-state index in [1.807, 2.05) is 36.5 Å². The molecule has 0 aliphatic rings. The van der Waals surface area contributed by atoms with Crippen LogP contribution in [-0.2, 0) is 14.3 Å². The minimum Gasteiger partial charge on any atom is -0.462 e. The van der Waals surface area contributed by atoms with Crippen LogP contribution >= 0.6 is 0 Å². The lowest BCUT2D eigenvalue weighted by atomic mass is 10.0. The normalized spacial score (nSPS) is 14.1. The lowest BCUT2D eigenvalue weighted by Crippen LogP contribution is -2.46. The van der Waals surface area contributed by atoms with E-state index < -0.39 is 18.2 Å². The first-order valence-electron chi connectivity index (χ1n) is 21.1. The van der Waals surface area contributed by atoms with Crippen LogP contribution in [-0.4, -0.2) is 46.9 Å². The van der Waals surface area contributed by atoms with Crippen molar-refractivity contribution in [2.24, 2.45) is 0 Å². The van der Waals surface area contributed by atoms with Crippen LogP contribution in [0.2, 0.25) is 0 Å². The number of nitrogens with one attached hydrogen (secondary N) is 1. The lowest BCUT2D eigenvalue weighted by molar-refractivity contribution is -0.151. The second kappa shape index (κ2) is 38.8. The van der Waals surface area contributed by atoms with Crippen molar-refractivity contribution in [1.82, 2.24) is 5.32 Å². The zero-order valence-electron chi connectivity index (χ0n) is 33.2. The molecule has 0 fully saturated rings. The molecule has 3 N–H and O–H groups in total. The molecule has 3 atom stereocenters. The van der Waals surface area contributed by atoms with Gasteiger partial charge in [-0.25, -0.2) is 0 Å². The standard InChI is InChI=1S/C45H79NO5/c1-4-7-10-13-16-19-22-24-27-30-33-36-41(51-45(50)38-35-32-29-26-23-20-17-14-11-8-5-2)39-44(49)46-42(40-47)43(48)37-34-31-28-25-21-18-15-12-9-6-3/h7,10,13-14,16-17,19,22,24,27,41-43,47-48H,4-6,8-9,11-12,15,18,20-21,23,25-26,28-40H2,1-3H3,(H,46,49)/b10-7+,16-13+,17-14-,22-19-,27-24-. The molecule has 294 valence electrons.